The number of carboxylic acids is 1. The minimum Gasteiger partial charge on any atom is -0.545 e. The van der Waals surface area contributed by atoms with E-state index in [-0.39, 0.29) is 5.56 Å². The first-order valence-corrected chi connectivity index (χ1v) is 12.7. The summed E-state index contributed by atoms with van der Waals surface area (Å²) in [7, 11) is 0. The molecule has 0 spiro atoms. The van der Waals surface area contributed by atoms with Crippen molar-refractivity contribution < 1.29 is 14.6 Å². The van der Waals surface area contributed by atoms with Crippen molar-refractivity contribution in [2.75, 3.05) is 6.61 Å². The van der Waals surface area contributed by atoms with Crippen molar-refractivity contribution >= 4 is 5.97 Å². The SMILES string of the molecule is CCCCCCCCCCCCCCCCCCCCOc1ccccc1C(=O)[O-]. The lowest BCUT2D eigenvalue weighted by Crippen LogP contribution is -2.23. The average Bonchev–Trinajstić information content (AvgIpc) is 2.75. The van der Waals surface area contributed by atoms with Crippen molar-refractivity contribution in [2.24, 2.45) is 0 Å². The fourth-order valence-corrected chi connectivity index (χ4v) is 3.95. The van der Waals surface area contributed by atoms with Gasteiger partial charge in [-0.1, -0.05) is 128 Å². The highest BCUT2D eigenvalue weighted by molar-refractivity contribution is 5.89. The van der Waals surface area contributed by atoms with Crippen LogP contribution in [0.4, 0.5) is 0 Å². The lowest BCUT2D eigenvalue weighted by Gasteiger charge is -2.11. The summed E-state index contributed by atoms with van der Waals surface area (Å²) in [5.41, 5.74) is 0.139. The molecule has 0 fully saturated rings. The van der Waals surface area contributed by atoms with Crippen LogP contribution in [0.25, 0.3) is 0 Å². The second-order valence-electron chi connectivity index (χ2n) is 8.64. The Balaban J connectivity index is 1.80. The van der Waals surface area contributed by atoms with Crippen LogP contribution in [-0.2, 0) is 0 Å². The number of benzene rings is 1. The maximum atomic E-state index is 11.0. The van der Waals surface area contributed by atoms with Gasteiger partial charge in [0, 0.05) is 5.56 Å². The van der Waals surface area contributed by atoms with E-state index in [1.54, 1.807) is 18.2 Å². The molecule has 0 saturated heterocycles. The number of rotatable bonds is 21. The predicted octanol–water partition coefficient (Wildman–Crippen LogP) is 7.47. The van der Waals surface area contributed by atoms with Crippen molar-refractivity contribution in [3.8, 4) is 5.75 Å². The molecule has 1 aromatic carbocycles. The topological polar surface area (TPSA) is 49.4 Å². The first-order chi connectivity index (χ1) is 14.8. The highest BCUT2D eigenvalue weighted by atomic mass is 16.5. The van der Waals surface area contributed by atoms with Crippen LogP contribution in [0.15, 0.2) is 24.3 Å². The number of carbonyl (C=O) groups is 1. The molecule has 0 atom stereocenters. The van der Waals surface area contributed by atoms with Gasteiger partial charge >= 0.3 is 0 Å². The first kappa shape index (κ1) is 26.5. The van der Waals surface area contributed by atoms with Gasteiger partial charge in [0.15, 0.2) is 0 Å². The molecular weight excluding hydrogens is 372 g/mol. The Hall–Kier alpha value is -1.51. The molecule has 0 N–H and O–H groups in total. The van der Waals surface area contributed by atoms with E-state index in [1.165, 1.54) is 109 Å². The van der Waals surface area contributed by atoms with Crippen molar-refractivity contribution in [2.45, 2.75) is 122 Å². The summed E-state index contributed by atoms with van der Waals surface area (Å²) in [6.07, 6.45) is 24.4. The van der Waals surface area contributed by atoms with Crippen LogP contribution in [0.5, 0.6) is 5.75 Å². The molecule has 0 aliphatic carbocycles. The van der Waals surface area contributed by atoms with Crippen LogP contribution >= 0.6 is 0 Å². The lowest BCUT2D eigenvalue weighted by molar-refractivity contribution is -0.255. The summed E-state index contributed by atoms with van der Waals surface area (Å²) >= 11 is 0. The second-order valence-corrected chi connectivity index (χ2v) is 8.64. The van der Waals surface area contributed by atoms with Crippen LogP contribution in [0.2, 0.25) is 0 Å². The fourth-order valence-electron chi connectivity index (χ4n) is 3.95. The van der Waals surface area contributed by atoms with Gasteiger partial charge < -0.3 is 14.6 Å². The highest BCUT2D eigenvalue weighted by Crippen LogP contribution is 2.18. The van der Waals surface area contributed by atoms with E-state index in [2.05, 4.69) is 6.92 Å². The van der Waals surface area contributed by atoms with E-state index in [9.17, 15) is 9.90 Å². The normalized spacial score (nSPS) is 11.0. The van der Waals surface area contributed by atoms with Gasteiger partial charge in [-0.3, -0.25) is 0 Å². The molecule has 0 aliphatic heterocycles. The third kappa shape index (κ3) is 14.5. The molecule has 3 heteroatoms. The Morgan fingerprint density at radius 1 is 0.667 bits per heavy atom. The average molecular weight is 418 g/mol. The zero-order chi connectivity index (χ0) is 21.7. The summed E-state index contributed by atoms with van der Waals surface area (Å²) in [5, 5.41) is 11.0. The van der Waals surface area contributed by atoms with Gasteiger partial charge in [0.1, 0.15) is 5.75 Å². The number of hydrogen-bond donors (Lipinski definition) is 0. The van der Waals surface area contributed by atoms with E-state index in [0.717, 1.165) is 12.8 Å². The smallest absolute Gasteiger partial charge is 0.128 e. The Morgan fingerprint density at radius 2 is 1.07 bits per heavy atom. The Labute approximate surface area is 185 Å². The van der Waals surface area contributed by atoms with E-state index < -0.39 is 5.97 Å². The lowest BCUT2D eigenvalue weighted by atomic mass is 10.0. The van der Waals surface area contributed by atoms with Crippen molar-refractivity contribution in [3.05, 3.63) is 29.8 Å². The van der Waals surface area contributed by atoms with E-state index in [0.29, 0.717) is 12.4 Å². The van der Waals surface area contributed by atoms with Crippen molar-refractivity contribution in [1.29, 1.82) is 0 Å². The molecule has 0 aliphatic rings. The Morgan fingerprint density at radius 3 is 1.50 bits per heavy atom. The van der Waals surface area contributed by atoms with Crippen LogP contribution < -0.4 is 9.84 Å². The minimum absolute atomic E-state index is 0.139. The summed E-state index contributed by atoms with van der Waals surface area (Å²) in [4.78, 5) is 11.0. The first-order valence-electron chi connectivity index (χ1n) is 12.7. The summed E-state index contributed by atoms with van der Waals surface area (Å²) in [6.45, 7) is 2.85. The van der Waals surface area contributed by atoms with Gasteiger partial charge in [0.25, 0.3) is 0 Å². The number of carboxylic acid groups (broad SMARTS) is 1. The number of para-hydroxylation sites is 1. The van der Waals surface area contributed by atoms with Gasteiger partial charge in [-0.15, -0.1) is 0 Å². The molecule has 30 heavy (non-hydrogen) atoms. The molecule has 3 nitrogen and oxygen atoms in total. The van der Waals surface area contributed by atoms with Crippen LogP contribution in [0.1, 0.15) is 133 Å². The monoisotopic (exact) mass is 417 g/mol. The molecule has 0 bridgehead atoms. The number of unbranched alkanes of at least 4 members (excludes halogenated alkanes) is 17. The Bertz CT molecular complexity index is 527. The summed E-state index contributed by atoms with van der Waals surface area (Å²) < 4.78 is 5.61. The molecule has 0 heterocycles. The zero-order valence-corrected chi connectivity index (χ0v) is 19.5. The number of carbonyl (C=O) groups excluding carboxylic acids is 1. The minimum atomic E-state index is -1.18. The second kappa shape index (κ2) is 19.5. The summed E-state index contributed by atoms with van der Waals surface area (Å²) in [6, 6.07) is 6.70. The molecule has 172 valence electrons. The van der Waals surface area contributed by atoms with Gasteiger partial charge in [-0.25, -0.2) is 0 Å². The quantitative estimate of drug-likeness (QED) is 0.195. The van der Waals surface area contributed by atoms with Crippen LogP contribution in [0.3, 0.4) is 0 Å². The maximum absolute atomic E-state index is 11.0. The molecule has 0 unspecified atom stereocenters. The van der Waals surface area contributed by atoms with E-state index >= 15 is 0 Å². The predicted molar refractivity (Wildman–Crippen MR) is 125 cm³/mol. The standard InChI is InChI=1S/C27H46O3/c1-2-3-4-5-6-7-8-9-10-11-12-13-14-15-16-17-18-21-24-30-26-23-20-19-22-25(26)27(28)29/h19-20,22-23H,2-18,21,24H2,1H3,(H,28,29)/p-1. The Kier molecular flexibility index (Phi) is 17.2. The van der Waals surface area contributed by atoms with Crippen molar-refractivity contribution in [1.82, 2.24) is 0 Å². The number of aromatic carboxylic acids is 1. The van der Waals surface area contributed by atoms with Crippen LogP contribution in [0, 0.1) is 0 Å². The molecule has 1 rings (SSSR count). The third-order valence-electron chi connectivity index (χ3n) is 5.86. The molecule has 0 radical (unpaired) electrons. The maximum Gasteiger partial charge on any atom is 0.128 e. The van der Waals surface area contributed by atoms with Gasteiger partial charge in [-0.2, -0.15) is 0 Å². The fraction of sp³-hybridized carbons (Fsp3) is 0.741. The van der Waals surface area contributed by atoms with Gasteiger partial charge in [-0.05, 0) is 18.6 Å². The molecule has 1 aromatic rings. The molecule has 0 aromatic heterocycles. The van der Waals surface area contributed by atoms with E-state index in [1.807, 2.05) is 0 Å². The third-order valence-corrected chi connectivity index (χ3v) is 5.86. The molecular formula is C27H45O3-. The number of ether oxygens (including phenoxy) is 1. The van der Waals surface area contributed by atoms with E-state index in [4.69, 9.17) is 4.74 Å². The largest absolute Gasteiger partial charge is 0.545 e. The van der Waals surface area contributed by atoms with Gasteiger partial charge in [0.2, 0.25) is 0 Å². The summed E-state index contributed by atoms with van der Waals surface area (Å²) in [5.74, 6) is -0.757. The van der Waals surface area contributed by atoms with Crippen molar-refractivity contribution in [3.63, 3.8) is 0 Å². The number of hydrogen-bond acceptors (Lipinski definition) is 3. The molecule has 0 amide bonds. The molecule has 0 saturated carbocycles. The van der Waals surface area contributed by atoms with Gasteiger partial charge in [0.05, 0.1) is 12.6 Å². The zero-order valence-electron chi connectivity index (χ0n) is 19.5. The van der Waals surface area contributed by atoms with Crippen LogP contribution in [-0.4, -0.2) is 12.6 Å². The highest BCUT2D eigenvalue weighted by Gasteiger charge is 2.03.